The minimum absolute atomic E-state index is 0.0773. The number of halogens is 6. The summed E-state index contributed by atoms with van der Waals surface area (Å²) in [5.41, 5.74) is 2.23. The number of alkyl halides is 5. The zero-order chi connectivity index (χ0) is 27.1. The van der Waals surface area contributed by atoms with Crippen LogP contribution in [-0.2, 0) is 15.1 Å². The first-order chi connectivity index (χ1) is 16.7. The van der Waals surface area contributed by atoms with Gasteiger partial charge in [-0.3, -0.25) is 14.6 Å². The molecule has 0 unspecified atom stereocenters. The fourth-order valence-corrected chi connectivity index (χ4v) is 2.92. The highest BCUT2D eigenvalue weighted by molar-refractivity contribution is 6.02. The lowest BCUT2D eigenvalue weighted by molar-refractivity contribution is -0.154. The number of hydrogen-bond donors (Lipinski definition) is 3. The molecule has 0 spiro atoms. The van der Waals surface area contributed by atoms with Crippen LogP contribution in [-0.4, -0.2) is 65.2 Å². The molecule has 36 heavy (non-hydrogen) atoms. The van der Waals surface area contributed by atoms with Gasteiger partial charge in [0.15, 0.2) is 12.1 Å². The number of hydrogen-bond acceptors (Lipinski definition) is 8. The van der Waals surface area contributed by atoms with E-state index in [0.717, 1.165) is 37.5 Å². The first-order valence-corrected chi connectivity index (χ1v) is 9.73. The van der Waals surface area contributed by atoms with Gasteiger partial charge in [-0.25, -0.2) is 23.1 Å². The second-order valence-corrected chi connectivity index (χ2v) is 7.27. The quantitative estimate of drug-likeness (QED) is 0.400. The topological polar surface area (TPSA) is 149 Å². The van der Waals surface area contributed by atoms with E-state index >= 15 is 0 Å². The van der Waals surface area contributed by atoms with Crippen LogP contribution in [0.1, 0.15) is 23.0 Å². The minimum Gasteiger partial charge on any atom is -0.483 e. The Hall–Kier alpha value is -3.95. The number of amidine groups is 1. The molecule has 1 amide bonds. The van der Waals surface area contributed by atoms with Gasteiger partial charge in [-0.2, -0.15) is 13.2 Å². The summed E-state index contributed by atoms with van der Waals surface area (Å²) >= 11 is 0. The third-order valence-electron chi connectivity index (χ3n) is 4.61. The molecule has 1 aliphatic rings. The van der Waals surface area contributed by atoms with Crippen molar-refractivity contribution in [2.75, 3.05) is 25.1 Å². The van der Waals surface area contributed by atoms with Gasteiger partial charge in [0.1, 0.15) is 30.6 Å². The zero-order valence-corrected chi connectivity index (χ0v) is 18.4. The number of nitrogens with one attached hydrogen (secondary N) is 1. The number of rotatable bonds is 5. The van der Waals surface area contributed by atoms with E-state index in [1.807, 2.05) is 0 Å². The molecule has 0 fully saturated rings. The van der Waals surface area contributed by atoms with Gasteiger partial charge in [0.05, 0.1) is 12.4 Å². The number of benzene rings is 1. The SMILES string of the molecule is C[C@]1(c2cc(NC(=O)c3cnc(OCC(F)(F)F)cn3)ccc2F)N=C(N)COCC1(F)F.O=CO. The summed E-state index contributed by atoms with van der Waals surface area (Å²) in [7, 11) is 0. The van der Waals surface area contributed by atoms with Crippen LogP contribution in [0.2, 0.25) is 0 Å². The van der Waals surface area contributed by atoms with Crippen LogP contribution < -0.4 is 15.8 Å². The van der Waals surface area contributed by atoms with Crippen molar-refractivity contribution in [2.45, 2.75) is 24.6 Å². The Morgan fingerprint density at radius 2 is 1.97 bits per heavy atom. The number of carbonyl (C=O) groups is 2. The highest BCUT2D eigenvalue weighted by atomic mass is 19.4. The normalized spacial score (nSPS) is 19.1. The maximum absolute atomic E-state index is 14.7. The van der Waals surface area contributed by atoms with Gasteiger partial charge in [-0.05, 0) is 25.1 Å². The molecule has 1 aromatic carbocycles. The third kappa shape index (κ3) is 7.03. The average molecular weight is 523 g/mol. The Labute approximate surface area is 199 Å². The predicted molar refractivity (Wildman–Crippen MR) is 111 cm³/mol. The van der Waals surface area contributed by atoms with Crippen LogP contribution in [0, 0.1) is 5.82 Å². The van der Waals surface area contributed by atoms with Crippen LogP contribution in [0.5, 0.6) is 5.88 Å². The Morgan fingerprint density at radius 1 is 1.31 bits per heavy atom. The number of nitrogens with zero attached hydrogens (tertiary/aromatic N) is 3. The van der Waals surface area contributed by atoms with E-state index in [1.54, 1.807) is 0 Å². The van der Waals surface area contributed by atoms with Crippen molar-refractivity contribution < 1.29 is 50.5 Å². The van der Waals surface area contributed by atoms with Gasteiger partial charge in [-0.15, -0.1) is 0 Å². The lowest BCUT2D eigenvalue weighted by Gasteiger charge is -2.33. The molecule has 1 atom stereocenters. The number of anilines is 1. The van der Waals surface area contributed by atoms with Crippen molar-refractivity contribution in [3.8, 4) is 5.88 Å². The van der Waals surface area contributed by atoms with Crippen LogP contribution in [0.15, 0.2) is 35.6 Å². The summed E-state index contributed by atoms with van der Waals surface area (Å²) in [4.78, 5) is 31.7. The van der Waals surface area contributed by atoms with E-state index in [4.69, 9.17) is 20.4 Å². The number of ether oxygens (including phenoxy) is 2. The zero-order valence-electron chi connectivity index (χ0n) is 18.4. The van der Waals surface area contributed by atoms with E-state index in [2.05, 4.69) is 25.0 Å². The monoisotopic (exact) mass is 523 g/mol. The Balaban J connectivity index is 0.00000145. The molecule has 0 aliphatic carbocycles. The Kier molecular flexibility index (Phi) is 8.80. The first-order valence-electron chi connectivity index (χ1n) is 9.73. The number of amides is 1. The third-order valence-corrected chi connectivity index (χ3v) is 4.61. The van der Waals surface area contributed by atoms with Crippen molar-refractivity contribution in [1.29, 1.82) is 0 Å². The molecule has 4 N–H and O–H groups in total. The predicted octanol–water partition coefficient (Wildman–Crippen LogP) is 2.75. The fourth-order valence-electron chi connectivity index (χ4n) is 2.92. The lowest BCUT2D eigenvalue weighted by Crippen LogP contribution is -2.45. The summed E-state index contributed by atoms with van der Waals surface area (Å²) in [6.07, 6.45) is -2.92. The Bertz CT molecular complexity index is 1110. The summed E-state index contributed by atoms with van der Waals surface area (Å²) in [5.74, 6) is -6.25. The molecule has 3 rings (SSSR count). The van der Waals surface area contributed by atoms with Crippen LogP contribution in [0.3, 0.4) is 0 Å². The molecule has 0 radical (unpaired) electrons. The molecule has 2 heterocycles. The summed E-state index contributed by atoms with van der Waals surface area (Å²) < 4.78 is 89.7. The molecule has 0 saturated carbocycles. The first kappa shape index (κ1) is 28.3. The number of carbonyl (C=O) groups excluding carboxylic acids is 1. The highest BCUT2D eigenvalue weighted by Gasteiger charge is 2.54. The summed E-state index contributed by atoms with van der Waals surface area (Å²) in [5, 5.41) is 9.22. The van der Waals surface area contributed by atoms with E-state index in [0.29, 0.717) is 0 Å². The van der Waals surface area contributed by atoms with Gasteiger partial charge in [-0.1, -0.05) is 0 Å². The minimum atomic E-state index is -4.58. The largest absolute Gasteiger partial charge is 0.483 e. The van der Waals surface area contributed by atoms with Crippen molar-refractivity contribution in [3.05, 3.63) is 47.7 Å². The molecular formula is C20H19F6N5O5. The van der Waals surface area contributed by atoms with Gasteiger partial charge in [0.2, 0.25) is 5.88 Å². The fraction of sp³-hybridized carbons (Fsp3) is 0.350. The van der Waals surface area contributed by atoms with Crippen molar-refractivity contribution in [1.82, 2.24) is 9.97 Å². The van der Waals surface area contributed by atoms with Gasteiger partial charge in [0.25, 0.3) is 18.3 Å². The molecule has 0 bridgehead atoms. The van der Waals surface area contributed by atoms with E-state index in [-0.39, 0.29) is 30.3 Å². The van der Waals surface area contributed by atoms with Gasteiger partial charge < -0.3 is 25.6 Å². The van der Waals surface area contributed by atoms with Crippen LogP contribution in [0.25, 0.3) is 0 Å². The highest BCUT2D eigenvalue weighted by Crippen LogP contribution is 2.44. The van der Waals surface area contributed by atoms with Gasteiger partial charge >= 0.3 is 6.18 Å². The van der Waals surface area contributed by atoms with Crippen molar-refractivity contribution in [2.24, 2.45) is 10.7 Å². The van der Waals surface area contributed by atoms with Crippen LogP contribution in [0.4, 0.5) is 32.0 Å². The number of aliphatic imine (C=N–C) groups is 1. The molecule has 16 heteroatoms. The standard InChI is InChI=1S/C19H17F6N5O3.CH2O2/c1-17(18(21,22)8-32-7-14(26)30-17)11-4-10(2-3-12(11)20)29-16(31)13-5-28-15(6-27-13)33-9-19(23,24)25;2-1-3/h2-6H,7-9H2,1H3,(H2,26,30)(H,29,31);1H,(H,2,3)/t17-;/m1./s1. The molecular weight excluding hydrogens is 504 g/mol. The number of nitrogens with two attached hydrogens (primary N) is 1. The van der Waals surface area contributed by atoms with E-state index < -0.39 is 54.0 Å². The summed E-state index contributed by atoms with van der Waals surface area (Å²) in [6, 6.07) is 2.95. The molecule has 2 aromatic rings. The maximum atomic E-state index is 14.7. The van der Waals surface area contributed by atoms with Crippen molar-refractivity contribution in [3.63, 3.8) is 0 Å². The average Bonchev–Trinajstić information content (AvgIpc) is 2.89. The maximum Gasteiger partial charge on any atom is 0.422 e. The van der Waals surface area contributed by atoms with Gasteiger partial charge in [0, 0.05) is 11.3 Å². The van der Waals surface area contributed by atoms with Crippen LogP contribution >= 0.6 is 0 Å². The molecule has 0 saturated heterocycles. The molecule has 1 aliphatic heterocycles. The smallest absolute Gasteiger partial charge is 0.422 e. The molecule has 196 valence electrons. The molecule has 1 aromatic heterocycles. The second kappa shape index (κ2) is 11.2. The van der Waals surface area contributed by atoms with E-state index in [9.17, 15) is 31.1 Å². The summed E-state index contributed by atoms with van der Waals surface area (Å²) in [6.45, 7) is -2.26. The van der Waals surface area contributed by atoms with E-state index in [1.165, 1.54) is 0 Å². The van der Waals surface area contributed by atoms with Crippen molar-refractivity contribution >= 4 is 23.9 Å². The molecule has 10 nitrogen and oxygen atoms in total. The lowest BCUT2D eigenvalue weighted by atomic mass is 9.85. The number of aromatic nitrogens is 2. The number of carboxylic acid groups (broad SMARTS) is 1. The second-order valence-electron chi connectivity index (χ2n) is 7.27. The Morgan fingerprint density at radius 3 is 2.56 bits per heavy atom.